The van der Waals surface area contributed by atoms with E-state index >= 15 is 0 Å². The summed E-state index contributed by atoms with van der Waals surface area (Å²) in [5, 5.41) is 2.21. The summed E-state index contributed by atoms with van der Waals surface area (Å²) in [7, 11) is 0. The Bertz CT molecular complexity index is 2700. The zero-order valence-electron chi connectivity index (χ0n) is 33.7. The van der Waals surface area contributed by atoms with E-state index in [-0.39, 0.29) is 31.9 Å². The van der Waals surface area contributed by atoms with Crippen LogP contribution in [0.5, 0.6) is 0 Å². The summed E-state index contributed by atoms with van der Waals surface area (Å²) in [5.41, 5.74) is 12.0. The molecule has 55 heavy (non-hydrogen) atoms. The van der Waals surface area contributed by atoms with Crippen molar-refractivity contribution in [2.75, 3.05) is 0 Å². The van der Waals surface area contributed by atoms with Crippen LogP contribution in [0.2, 0.25) is 17.3 Å². The van der Waals surface area contributed by atoms with Crippen LogP contribution in [0.3, 0.4) is 0 Å². The summed E-state index contributed by atoms with van der Waals surface area (Å²) in [4.78, 5) is 9.73. The molecule has 0 saturated carbocycles. The molecule has 1 atom stereocenters. The van der Waals surface area contributed by atoms with Gasteiger partial charge in [-0.05, 0) is 40.1 Å². The Balaban J connectivity index is 0.000000189. The molecule has 0 N–H and O–H groups in total. The van der Waals surface area contributed by atoms with Crippen molar-refractivity contribution in [1.82, 2.24) is 4.98 Å². The number of rotatable bonds is 7. The minimum Gasteiger partial charge on any atom is -0.501 e. The van der Waals surface area contributed by atoms with E-state index in [0.717, 1.165) is 60.1 Å². The molecule has 0 spiro atoms. The van der Waals surface area contributed by atoms with Crippen molar-refractivity contribution in [1.29, 1.82) is 0 Å². The molecular formula is C50H44GeIrN2O-2. The third-order valence-electron chi connectivity index (χ3n) is 9.83. The van der Waals surface area contributed by atoms with Gasteiger partial charge in [-0.2, -0.15) is 0 Å². The van der Waals surface area contributed by atoms with Gasteiger partial charge in [0.1, 0.15) is 5.58 Å². The first-order valence-electron chi connectivity index (χ1n) is 19.6. The summed E-state index contributed by atoms with van der Waals surface area (Å²) in [6, 6.07) is 56.3. The Morgan fingerprint density at radius 3 is 2.27 bits per heavy atom. The molecule has 9 rings (SSSR count). The maximum atomic E-state index is 8.56. The van der Waals surface area contributed by atoms with Crippen LogP contribution < -0.4 is 4.40 Å². The van der Waals surface area contributed by atoms with E-state index in [1.807, 2.05) is 74.6 Å². The molecule has 0 bridgehead atoms. The number of nitrogens with zero attached hydrogens (tertiary/aromatic N) is 2. The summed E-state index contributed by atoms with van der Waals surface area (Å²) in [6.45, 7) is 3.88. The zero-order valence-corrected chi connectivity index (χ0v) is 36.2. The molecule has 3 heterocycles. The topological polar surface area (TPSA) is 38.4 Å². The van der Waals surface area contributed by atoms with E-state index in [2.05, 4.69) is 125 Å². The van der Waals surface area contributed by atoms with Gasteiger partial charge in [0, 0.05) is 31.4 Å². The van der Waals surface area contributed by atoms with Gasteiger partial charge in [0.15, 0.2) is 0 Å². The number of benzene rings is 6. The van der Waals surface area contributed by atoms with Crippen molar-refractivity contribution < 1.29 is 27.3 Å². The van der Waals surface area contributed by atoms with Crippen LogP contribution in [-0.4, -0.2) is 24.0 Å². The predicted molar refractivity (Wildman–Crippen MR) is 229 cm³/mol. The fourth-order valence-corrected chi connectivity index (χ4v) is 10.3. The van der Waals surface area contributed by atoms with Gasteiger partial charge in [-0.15, -0.1) is 18.2 Å². The quantitative estimate of drug-likeness (QED) is 0.118. The fourth-order valence-electron chi connectivity index (χ4n) is 7.31. The van der Waals surface area contributed by atoms with E-state index in [0.29, 0.717) is 0 Å². The number of aliphatic imine (C=N–C) groups is 1. The molecule has 0 amide bonds. The summed E-state index contributed by atoms with van der Waals surface area (Å²) in [5.74, 6) is 6.78. The molecule has 1 radical (unpaired) electrons. The van der Waals surface area contributed by atoms with Gasteiger partial charge in [0.25, 0.3) is 0 Å². The van der Waals surface area contributed by atoms with Gasteiger partial charge in [-0.25, -0.2) is 0 Å². The average Bonchev–Trinajstić information content (AvgIpc) is 3.80. The number of pyridine rings is 1. The van der Waals surface area contributed by atoms with Crippen molar-refractivity contribution in [2.45, 2.75) is 43.4 Å². The van der Waals surface area contributed by atoms with Crippen LogP contribution in [0.15, 0.2) is 161 Å². The second-order valence-corrected chi connectivity index (χ2v) is 25.7. The van der Waals surface area contributed by atoms with Crippen molar-refractivity contribution >= 4 is 51.0 Å². The minimum atomic E-state index is -2.20. The van der Waals surface area contributed by atoms with Crippen LogP contribution in [0.4, 0.5) is 5.69 Å². The van der Waals surface area contributed by atoms with Crippen LogP contribution in [-0.2, 0) is 26.5 Å². The van der Waals surface area contributed by atoms with Gasteiger partial charge < -0.3 is 4.42 Å². The van der Waals surface area contributed by atoms with Gasteiger partial charge >= 0.3 is 128 Å². The number of hydrogen-bond acceptors (Lipinski definition) is 3. The van der Waals surface area contributed by atoms with Crippen LogP contribution in [0.25, 0.3) is 44.3 Å². The number of fused-ring (bicyclic) bond motifs is 4. The van der Waals surface area contributed by atoms with Crippen LogP contribution in [0, 0.1) is 18.1 Å². The molecule has 0 saturated heterocycles. The number of hydrogen-bond donors (Lipinski definition) is 0. The monoisotopic (exact) mass is 957 g/mol. The van der Waals surface area contributed by atoms with Crippen LogP contribution in [0.1, 0.15) is 44.8 Å². The van der Waals surface area contributed by atoms with E-state index in [4.69, 9.17) is 12.2 Å². The van der Waals surface area contributed by atoms with E-state index < -0.39 is 19.6 Å². The Morgan fingerprint density at radius 2 is 1.49 bits per heavy atom. The van der Waals surface area contributed by atoms with Gasteiger partial charge in [0.05, 0.1) is 11.3 Å². The van der Waals surface area contributed by atoms with Crippen LogP contribution >= 0.6 is 0 Å². The predicted octanol–water partition coefficient (Wildman–Crippen LogP) is 12.6. The van der Waals surface area contributed by atoms with E-state index in [1.165, 1.54) is 22.3 Å². The molecule has 0 aliphatic carbocycles. The molecule has 8 aromatic rings. The number of para-hydroxylation sites is 2. The van der Waals surface area contributed by atoms with Crippen molar-refractivity contribution in [3.63, 3.8) is 0 Å². The van der Waals surface area contributed by atoms with E-state index in [1.54, 1.807) is 0 Å². The maximum Gasteiger partial charge on any atom is 0.120 e. The molecule has 1 unspecified atom stereocenters. The molecule has 5 heteroatoms. The number of furan rings is 1. The van der Waals surface area contributed by atoms with Crippen molar-refractivity contribution in [3.8, 4) is 22.4 Å². The van der Waals surface area contributed by atoms with Gasteiger partial charge in [-0.3, -0.25) is 4.99 Å². The Morgan fingerprint density at radius 1 is 0.745 bits per heavy atom. The molecule has 275 valence electrons. The zero-order chi connectivity index (χ0) is 39.0. The molecule has 3 nitrogen and oxygen atoms in total. The SMILES string of the molecule is [2H]C([2H])(c1cc(-c2[c-]cccc2)nc[c]1[Ge]([CH3])([CH3])[CH3])C(C)C.[Ir].[c-]1ccc2c(oc3ccccc32)c1C1=Nc2ccccc2C1c1cccc(-c2ccccc2)c1. The molecule has 2 aromatic heterocycles. The molecular weight excluding hydrogens is 909 g/mol. The third kappa shape index (κ3) is 8.09. The number of aromatic nitrogens is 1. The first-order valence-corrected chi connectivity index (χ1v) is 26.0. The molecule has 1 aliphatic rings. The molecule has 6 aromatic carbocycles. The average molecular weight is 956 g/mol. The standard InChI is InChI=1S/C32H20NO.C18H24GeN.Ir/c1-2-10-21(11-3-1)22-12-8-13-23(20-22)30-26-15-4-6-18-28(26)33-31(30)27-17-9-16-25-24-14-5-7-19-29(24)34-32(25)27;1-14(2)11-16-12-18(15-9-7-6-8-10-15)20-13-17(16)19(3,4)5;/h1-16,18-20,30H;6-9,12-14H,11H2,1-5H3;/q2*-1;/i;11D2;. The second-order valence-electron chi connectivity index (χ2n) is 15.1. The second kappa shape index (κ2) is 16.5. The van der Waals surface area contributed by atoms with E-state index in [9.17, 15) is 0 Å². The van der Waals surface area contributed by atoms with Crippen molar-refractivity contribution in [2.24, 2.45) is 10.9 Å². The smallest absolute Gasteiger partial charge is 0.120 e. The summed E-state index contributed by atoms with van der Waals surface area (Å²) in [6.07, 6.45) is 0.562. The first-order chi connectivity index (χ1) is 27.0. The normalized spacial score (nSPS) is 14.4. The molecule has 1 aliphatic heterocycles. The Kier molecular flexibility index (Phi) is 10.7. The third-order valence-corrected chi connectivity index (χ3v) is 14.1. The molecule has 0 fully saturated rings. The van der Waals surface area contributed by atoms with Gasteiger partial charge in [-0.1, -0.05) is 102 Å². The first kappa shape index (κ1) is 35.8. The Labute approximate surface area is 344 Å². The van der Waals surface area contributed by atoms with Crippen molar-refractivity contribution in [3.05, 3.63) is 186 Å². The van der Waals surface area contributed by atoms with Gasteiger partial charge in [0.2, 0.25) is 0 Å². The minimum absolute atomic E-state index is 0. The maximum absolute atomic E-state index is 8.56. The summed E-state index contributed by atoms with van der Waals surface area (Å²) < 4.78 is 24.6. The summed E-state index contributed by atoms with van der Waals surface area (Å²) >= 11 is -2.20. The largest absolute Gasteiger partial charge is 0.501 e. The Hall–Kier alpha value is -4.87. The fraction of sp³-hybridized carbons (Fsp3) is 0.160.